The van der Waals surface area contributed by atoms with Gasteiger partial charge in [0.25, 0.3) is 0 Å². The largest absolute Gasteiger partial charge is 0.392 e. The molecule has 8 heavy (non-hydrogen) atoms. The van der Waals surface area contributed by atoms with Crippen LogP contribution in [0.4, 0.5) is 0 Å². The van der Waals surface area contributed by atoms with Gasteiger partial charge in [-0.3, -0.25) is 0 Å². The van der Waals surface area contributed by atoms with E-state index in [0.717, 1.165) is 0 Å². The number of nitrogens with zero attached hydrogens (tertiary/aromatic N) is 1. The van der Waals surface area contributed by atoms with Crippen LogP contribution in [0.15, 0.2) is 12.8 Å². The summed E-state index contributed by atoms with van der Waals surface area (Å²) in [6.45, 7) is 5.93. The minimum absolute atomic E-state index is 0.266. The highest BCUT2D eigenvalue weighted by Gasteiger charge is 1.94. The molecule has 0 aliphatic carbocycles. The van der Waals surface area contributed by atoms with Crippen LogP contribution in [0.5, 0.6) is 0 Å². The number of likely N-dealkylation sites (N-methyl/N-ethyl adjacent to an activating group) is 1. The van der Waals surface area contributed by atoms with Crippen LogP contribution in [0, 0.1) is 0 Å². The van der Waals surface area contributed by atoms with Crippen molar-refractivity contribution in [2.45, 2.75) is 13.0 Å². The van der Waals surface area contributed by atoms with Gasteiger partial charge >= 0.3 is 0 Å². The third-order valence-corrected chi connectivity index (χ3v) is 0.864. The molecule has 0 fully saturated rings. The Labute approximate surface area is 50.4 Å². The standard InChI is InChI=1S/C6H13NO/c1-4-7(3)5-6(2)8/h4,6,8H,1,5H2,2-3H3/t6-/m1/s1. The lowest BCUT2D eigenvalue weighted by molar-refractivity contribution is 0.161. The van der Waals surface area contributed by atoms with E-state index < -0.39 is 0 Å². The van der Waals surface area contributed by atoms with Gasteiger partial charge in [-0.2, -0.15) is 0 Å². The molecule has 2 nitrogen and oxygen atoms in total. The van der Waals surface area contributed by atoms with Crippen LogP contribution in [0.2, 0.25) is 0 Å². The average molecular weight is 115 g/mol. The first-order chi connectivity index (χ1) is 3.66. The molecule has 0 aliphatic heterocycles. The van der Waals surface area contributed by atoms with Gasteiger partial charge in [-0.15, -0.1) is 0 Å². The van der Waals surface area contributed by atoms with Crippen molar-refractivity contribution in [3.05, 3.63) is 12.8 Å². The monoisotopic (exact) mass is 115 g/mol. The van der Waals surface area contributed by atoms with Crippen molar-refractivity contribution in [3.8, 4) is 0 Å². The maximum atomic E-state index is 8.76. The zero-order valence-electron chi connectivity index (χ0n) is 5.46. The third kappa shape index (κ3) is 3.68. The zero-order valence-corrected chi connectivity index (χ0v) is 5.46. The first-order valence-corrected chi connectivity index (χ1v) is 2.67. The van der Waals surface area contributed by atoms with Gasteiger partial charge in [0.05, 0.1) is 6.10 Å². The summed E-state index contributed by atoms with van der Waals surface area (Å²) < 4.78 is 0. The van der Waals surface area contributed by atoms with Crippen LogP contribution in [0.1, 0.15) is 6.92 Å². The molecular formula is C6H13NO. The Morgan fingerprint density at radius 3 is 2.50 bits per heavy atom. The molecule has 0 saturated heterocycles. The molecule has 0 unspecified atom stereocenters. The van der Waals surface area contributed by atoms with Gasteiger partial charge in [0.15, 0.2) is 0 Å². The summed E-state index contributed by atoms with van der Waals surface area (Å²) >= 11 is 0. The number of hydrogen-bond acceptors (Lipinski definition) is 2. The topological polar surface area (TPSA) is 23.5 Å². The summed E-state index contributed by atoms with van der Waals surface area (Å²) in [6.07, 6.45) is 1.42. The molecule has 1 N–H and O–H groups in total. The fourth-order valence-corrected chi connectivity index (χ4v) is 0.491. The molecule has 0 aromatic heterocycles. The minimum atomic E-state index is -0.266. The van der Waals surface area contributed by atoms with E-state index in [0.29, 0.717) is 6.54 Å². The Morgan fingerprint density at radius 2 is 2.38 bits per heavy atom. The highest BCUT2D eigenvalue weighted by Crippen LogP contribution is 1.85. The molecule has 0 aromatic rings. The van der Waals surface area contributed by atoms with E-state index in [4.69, 9.17) is 5.11 Å². The van der Waals surface area contributed by atoms with E-state index in [-0.39, 0.29) is 6.10 Å². The van der Waals surface area contributed by atoms with Gasteiger partial charge in [0.2, 0.25) is 0 Å². The van der Waals surface area contributed by atoms with Crippen molar-refractivity contribution in [3.63, 3.8) is 0 Å². The third-order valence-electron chi connectivity index (χ3n) is 0.864. The highest BCUT2D eigenvalue weighted by atomic mass is 16.3. The second-order valence-electron chi connectivity index (χ2n) is 1.97. The Balaban J connectivity index is 3.23. The van der Waals surface area contributed by atoms with Crippen LogP contribution in [0.3, 0.4) is 0 Å². The van der Waals surface area contributed by atoms with Crippen molar-refractivity contribution in [1.29, 1.82) is 0 Å². The van der Waals surface area contributed by atoms with Crippen LogP contribution >= 0.6 is 0 Å². The van der Waals surface area contributed by atoms with E-state index in [1.165, 1.54) is 0 Å². The van der Waals surface area contributed by atoms with Crippen molar-refractivity contribution in [2.75, 3.05) is 13.6 Å². The van der Waals surface area contributed by atoms with Crippen LogP contribution in [-0.2, 0) is 0 Å². The van der Waals surface area contributed by atoms with E-state index in [2.05, 4.69) is 6.58 Å². The summed E-state index contributed by atoms with van der Waals surface area (Å²) in [5.74, 6) is 0. The molecule has 0 saturated carbocycles. The quantitative estimate of drug-likeness (QED) is 0.577. The maximum absolute atomic E-state index is 8.76. The molecule has 0 bridgehead atoms. The average Bonchev–Trinajstić information content (AvgIpc) is 1.65. The zero-order chi connectivity index (χ0) is 6.57. The lowest BCUT2D eigenvalue weighted by atomic mass is 10.4. The summed E-state index contributed by atoms with van der Waals surface area (Å²) in [5, 5.41) is 8.76. The smallest absolute Gasteiger partial charge is 0.0686 e. The van der Waals surface area contributed by atoms with Gasteiger partial charge in [-0.05, 0) is 13.1 Å². The van der Waals surface area contributed by atoms with E-state index in [1.54, 1.807) is 13.1 Å². The number of rotatable bonds is 3. The van der Waals surface area contributed by atoms with E-state index in [9.17, 15) is 0 Å². The molecule has 2 heteroatoms. The normalized spacial score (nSPS) is 12.9. The second-order valence-corrected chi connectivity index (χ2v) is 1.97. The molecule has 48 valence electrons. The fraction of sp³-hybridized carbons (Fsp3) is 0.667. The molecule has 1 atom stereocenters. The van der Waals surface area contributed by atoms with Crippen molar-refractivity contribution >= 4 is 0 Å². The molecule has 0 spiro atoms. The molecule has 0 amide bonds. The van der Waals surface area contributed by atoms with Crippen molar-refractivity contribution in [1.82, 2.24) is 4.90 Å². The Hall–Kier alpha value is -0.500. The van der Waals surface area contributed by atoms with Crippen LogP contribution < -0.4 is 0 Å². The molecule has 0 radical (unpaired) electrons. The SMILES string of the molecule is C=CN(C)C[C@@H](C)O. The molecule has 0 aromatic carbocycles. The molecule has 0 rings (SSSR count). The van der Waals surface area contributed by atoms with Gasteiger partial charge in [-0.25, -0.2) is 0 Å². The number of aliphatic hydroxyl groups is 1. The van der Waals surface area contributed by atoms with Gasteiger partial charge < -0.3 is 10.0 Å². The molecule has 0 heterocycles. The maximum Gasteiger partial charge on any atom is 0.0686 e. The predicted molar refractivity (Wildman–Crippen MR) is 34.5 cm³/mol. The lowest BCUT2D eigenvalue weighted by Gasteiger charge is -2.14. The fourth-order valence-electron chi connectivity index (χ4n) is 0.491. The summed E-state index contributed by atoms with van der Waals surface area (Å²) in [5.41, 5.74) is 0. The van der Waals surface area contributed by atoms with E-state index in [1.807, 2.05) is 11.9 Å². The Bertz CT molecular complexity index is 70.9. The minimum Gasteiger partial charge on any atom is -0.392 e. The Morgan fingerprint density at radius 1 is 1.88 bits per heavy atom. The molecule has 0 aliphatic rings. The summed E-state index contributed by atoms with van der Waals surface area (Å²) in [7, 11) is 1.87. The lowest BCUT2D eigenvalue weighted by Crippen LogP contribution is -2.21. The predicted octanol–water partition coefficient (Wildman–Crippen LogP) is 0.442. The first-order valence-electron chi connectivity index (χ1n) is 2.67. The van der Waals surface area contributed by atoms with Crippen LogP contribution in [-0.4, -0.2) is 29.7 Å². The van der Waals surface area contributed by atoms with Gasteiger partial charge in [0, 0.05) is 13.6 Å². The first kappa shape index (κ1) is 7.50. The van der Waals surface area contributed by atoms with E-state index >= 15 is 0 Å². The van der Waals surface area contributed by atoms with Crippen molar-refractivity contribution in [2.24, 2.45) is 0 Å². The Kier molecular flexibility index (Phi) is 3.28. The second kappa shape index (κ2) is 3.50. The summed E-state index contributed by atoms with van der Waals surface area (Å²) in [6, 6.07) is 0. The van der Waals surface area contributed by atoms with Crippen LogP contribution in [0.25, 0.3) is 0 Å². The van der Waals surface area contributed by atoms with Crippen molar-refractivity contribution < 1.29 is 5.11 Å². The number of aliphatic hydroxyl groups excluding tert-OH is 1. The summed E-state index contributed by atoms with van der Waals surface area (Å²) in [4.78, 5) is 1.84. The molecular weight excluding hydrogens is 102 g/mol. The number of hydrogen-bond donors (Lipinski definition) is 1. The van der Waals surface area contributed by atoms with Gasteiger partial charge in [-0.1, -0.05) is 6.58 Å². The van der Waals surface area contributed by atoms with Gasteiger partial charge in [0.1, 0.15) is 0 Å². The highest BCUT2D eigenvalue weighted by molar-refractivity contribution is 4.67.